The zero-order valence-electron chi connectivity index (χ0n) is 14.8. The third-order valence-electron chi connectivity index (χ3n) is 4.31. The lowest BCUT2D eigenvalue weighted by Crippen LogP contribution is -2.54. The minimum atomic E-state index is -4.61. The molecule has 1 atom stereocenters. The van der Waals surface area contributed by atoms with Crippen molar-refractivity contribution in [3.05, 3.63) is 29.8 Å². The SMILES string of the molecule is C[C@H](C(=O)N1CCN(C)CC1)N(c1cccc(C(F)(F)F)c1)S(C)(=O)=O. The van der Waals surface area contributed by atoms with Gasteiger partial charge in [0.2, 0.25) is 15.9 Å². The molecule has 0 N–H and O–H groups in total. The summed E-state index contributed by atoms with van der Waals surface area (Å²) in [6.45, 7) is 3.59. The van der Waals surface area contributed by atoms with E-state index in [0.717, 1.165) is 28.8 Å². The molecule has 6 nitrogen and oxygen atoms in total. The molecule has 1 fully saturated rings. The average Bonchev–Trinajstić information content (AvgIpc) is 2.53. The molecule has 1 heterocycles. The highest BCUT2D eigenvalue weighted by atomic mass is 32.2. The first-order valence-corrected chi connectivity index (χ1v) is 9.90. The van der Waals surface area contributed by atoms with Gasteiger partial charge in [0.25, 0.3) is 0 Å². The molecule has 0 unspecified atom stereocenters. The first kappa shape index (κ1) is 20.5. The minimum Gasteiger partial charge on any atom is -0.338 e. The number of hydrogen-bond acceptors (Lipinski definition) is 4. The van der Waals surface area contributed by atoms with Crippen LogP contribution in [0.15, 0.2) is 24.3 Å². The Morgan fingerprint density at radius 2 is 1.77 bits per heavy atom. The van der Waals surface area contributed by atoms with E-state index in [-0.39, 0.29) is 5.69 Å². The van der Waals surface area contributed by atoms with Crippen molar-refractivity contribution in [1.82, 2.24) is 9.80 Å². The normalized spacial score (nSPS) is 17.8. The molecule has 0 saturated carbocycles. The maximum absolute atomic E-state index is 13.0. The molecular weight excluding hydrogens is 371 g/mol. The quantitative estimate of drug-likeness (QED) is 0.780. The first-order valence-electron chi connectivity index (χ1n) is 8.05. The van der Waals surface area contributed by atoms with Gasteiger partial charge in [0.1, 0.15) is 6.04 Å². The monoisotopic (exact) mass is 393 g/mol. The lowest BCUT2D eigenvalue weighted by atomic mass is 10.1. The number of rotatable bonds is 4. The smallest absolute Gasteiger partial charge is 0.338 e. The molecule has 1 aliphatic rings. The largest absolute Gasteiger partial charge is 0.416 e. The van der Waals surface area contributed by atoms with E-state index >= 15 is 0 Å². The van der Waals surface area contributed by atoms with Gasteiger partial charge < -0.3 is 9.80 Å². The summed E-state index contributed by atoms with van der Waals surface area (Å²) in [6.07, 6.45) is -3.73. The molecule has 0 radical (unpaired) electrons. The van der Waals surface area contributed by atoms with Crippen molar-refractivity contribution < 1.29 is 26.4 Å². The Bertz CT molecular complexity index is 759. The number of carbonyl (C=O) groups excluding carboxylic acids is 1. The van der Waals surface area contributed by atoms with Gasteiger partial charge in [-0.3, -0.25) is 9.10 Å². The lowest BCUT2D eigenvalue weighted by molar-refractivity contribution is -0.137. The number of halogens is 3. The molecular formula is C16H22F3N3O3S. The van der Waals surface area contributed by atoms with Crippen LogP contribution in [0.3, 0.4) is 0 Å². The molecule has 1 amide bonds. The molecule has 0 spiro atoms. The van der Waals surface area contributed by atoms with Crippen LogP contribution >= 0.6 is 0 Å². The van der Waals surface area contributed by atoms with Gasteiger partial charge in [-0.2, -0.15) is 13.2 Å². The van der Waals surface area contributed by atoms with Gasteiger partial charge in [-0.15, -0.1) is 0 Å². The summed E-state index contributed by atoms with van der Waals surface area (Å²) in [5.74, 6) is -0.430. The van der Waals surface area contributed by atoms with E-state index in [1.165, 1.54) is 17.9 Å². The Balaban J connectivity index is 2.35. The third kappa shape index (κ3) is 4.67. The summed E-state index contributed by atoms with van der Waals surface area (Å²) >= 11 is 0. The summed E-state index contributed by atoms with van der Waals surface area (Å²) in [7, 11) is -2.05. The molecule has 146 valence electrons. The molecule has 26 heavy (non-hydrogen) atoms. The number of alkyl halides is 3. The van der Waals surface area contributed by atoms with E-state index in [1.54, 1.807) is 0 Å². The molecule has 1 aliphatic heterocycles. The predicted molar refractivity (Wildman–Crippen MR) is 92.3 cm³/mol. The number of carbonyl (C=O) groups is 1. The number of anilines is 1. The molecule has 1 aromatic carbocycles. The Hall–Kier alpha value is -1.81. The standard InChI is InChI=1S/C16H22F3N3O3S/c1-12(15(23)21-9-7-20(2)8-10-21)22(26(3,24)25)14-6-4-5-13(11-14)16(17,18)19/h4-6,11-12H,7-10H2,1-3H3/t12-/m1/s1. The molecule has 2 rings (SSSR count). The van der Waals surface area contributed by atoms with Gasteiger partial charge in [0.15, 0.2) is 0 Å². The van der Waals surface area contributed by atoms with Crippen LogP contribution in [-0.4, -0.2) is 69.6 Å². The summed E-state index contributed by atoms with van der Waals surface area (Å²) in [4.78, 5) is 16.3. The Morgan fingerprint density at radius 3 is 2.27 bits per heavy atom. The highest BCUT2D eigenvalue weighted by molar-refractivity contribution is 7.92. The maximum atomic E-state index is 13.0. The highest BCUT2D eigenvalue weighted by Crippen LogP contribution is 2.33. The Kier molecular flexibility index (Phi) is 5.86. The van der Waals surface area contributed by atoms with E-state index in [1.807, 2.05) is 11.9 Å². The van der Waals surface area contributed by atoms with Crippen LogP contribution in [0, 0.1) is 0 Å². The van der Waals surface area contributed by atoms with Crippen LogP contribution in [0.25, 0.3) is 0 Å². The highest BCUT2D eigenvalue weighted by Gasteiger charge is 2.35. The van der Waals surface area contributed by atoms with Gasteiger partial charge in [-0.1, -0.05) is 6.07 Å². The van der Waals surface area contributed by atoms with Crippen molar-refractivity contribution in [2.75, 3.05) is 43.8 Å². The maximum Gasteiger partial charge on any atom is 0.416 e. The number of amides is 1. The molecule has 0 aromatic heterocycles. The zero-order chi connectivity index (χ0) is 19.7. The van der Waals surface area contributed by atoms with Crippen molar-refractivity contribution in [1.29, 1.82) is 0 Å². The van der Waals surface area contributed by atoms with Crippen molar-refractivity contribution in [3.63, 3.8) is 0 Å². The number of sulfonamides is 1. The number of hydrogen-bond donors (Lipinski definition) is 0. The predicted octanol–water partition coefficient (Wildman–Crippen LogP) is 1.63. The molecule has 1 aromatic rings. The molecule has 1 saturated heterocycles. The third-order valence-corrected chi connectivity index (χ3v) is 5.55. The number of piperazine rings is 1. The van der Waals surface area contributed by atoms with Gasteiger partial charge in [0.05, 0.1) is 17.5 Å². The van der Waals surface area contributed by atoms with Crippen LogP contribution in [-0.2, 0) is 21.0 Å². The van der Waals surface area contributed by atoms with E-state index < -0.39 is 33.7 Å². The fourth-order valence-electron chi connectivity index (χ4n) is 2.91. The first-order chi connectivity index (χ1) is 11.9. The summed E-state index contributed by atoms with van der Waals surface area (Å²) in [6, 6.07) is 2.84. The van der Waals surface area contributed by atoms with Gasteiger partial charge >= 0.3 is 6.18 Å². The number of likely N-dealkylation sites (N-methyl/N-ethyl adjacent to an activating group) is 1. The van der Waals surface area contributed by atoms with Crippen molar-refractivity contribution in [2.24, 2.45) is 0 Å². The minimum absolute atomic E-state index is 0.183. The molecule has 10 heteroatoms. The van der Waals surface area contributed by atoms with E-state index in [4.69, 9.17) is 0 Å². The van der Waals surface area contributed by atoms with E-state index in [9.17, 15) is 26.4 Å². The Morgan fingerprint density at radius 1 is 1.19 bits per heavy atom. The fraction of sp³-hybridized carbons (Fsp3) is 0.562. The number of benzene rings is 1. The van der Waals surface area contributed by atoms with E-state index in [0.29, 0.717) is 26.2 Å². The Labute approximate surface area is 151 Å². The molecule has 0 bridgehead atoms. The van der Waals surface area contributed by atoms with Crippen LogP contribution in [0.2, 0.25) is 0 Å². The van der Waals surface area contributed by atoms with Gasteiger partial charge in [0, 0.05) is 26.2 Å². The summed E-state index contributed by atoms with van der Waals surface area (Å²) < 4.78 is 64.1. The van der Waals surface area contributed by atoms with Crippen LogP contribution in [0.5, 0.6) is 0 Å². The van der Waals surface area contributed by atoms with Crippen molar-refractivity contribution >= 4 is 21.6 Å². The lowest BCUT2D eigenvalue weighted by Gasteiger charge is -2.37. The summed E-state index contributed by atoms with van der Waals surface area (Å²) in [5.41, 5.74) is -1.15. The molecule has 0 aliphatic carbocycles. The van der Waals surface area contributed by atoms with Crippen molar-refractivity contribution in [3.8, 4) is 0 Å². The second-order valence-electron chi connectivity index (χ2n) is 6.41. The van der Waals surface area contributed by atoms with Crippen LogP contribution in [0.1, 0.15) is 12.5 Å². The van der Waals surface area contributed by atoms with Crippen LogP contribution < -0.4 is 4.31 Å². The number of nitrogens with zero attached hydrogens (tertiary/aromatic N) is 3. The second kappa shape index (κ2) is 7.43. The van der Waals surface area contributed by atoms with Crippen molar-refractivity contribution in [2.45, 2.75) is 19.1 Å². The average molecular weight is 393 g/mol. The van der Waals surface area contributed by atoms with Crippen LogP contribution in [0.4, 0.5) is 18.9 Å². The van der Waals surface area contributed by atoms with E-state index in [2.05, 4.69) is 0 Å². The van der Waals surface area contributed by atoms with Gasteiger partial charge in [-0.25, -0.2) is 8.42 Å². The topological polar surface area (TPSA) is 60.9 Å². The van der Waals surface area contributed by atoms with Gasteiger partial charge in [-0.05, 0) is 32.2 Å². The fourth-order valence-corrected chi connectivity index (χ4v) is 4.07. The second-order valence-corrected chi connectivity index (χ2v) is 8.27. The zero-order valence-corrected chi connectivity index (χ0v) is 15.6. The summed E-state index contributed by atoms with van der Waals surface area (Å²) in [5, 5.41) is 0.